The highest BCUT2D eigenvalue weighted by Crippen LogP contribution is 2.06. The monoisotopic (exact) mass is 246 g/mol. The summed E-state index contributed by atoms with van der Waals surface area (Å²) in [5.74, 6) is -0.117. The molecule has 5 heteroatoms. The first-order valence-corrected chi connectivity index (χ1v) is 5.83. The molecule has 2 aromatic rings. The van der Waals surface area contributed by atoms with E-state index in [1.165, 1.54) is 5.56 Å². The molecule has 0 atom stereocenters. The molecule has 0 saturated carbocycles. The number of carbonyl (C=O) groups is 1. The molecule has 0 N–H and O–H groups in total. The van der Waals surface area contributed by atoms with Gasteiger partial charge >= 0.3 is 5.97 Å². The molecule has 0 saturated heterocycles. The van der Waals surface area contributed by atoms with Crippen LogP contribution >= 0.6 is 0 Å². The molecule has 0 fully saturated rings. The van der Waals surface area contributed by atoms with E-state index in [4.69, 9.17) is 9.26 Å². The van der Waals surface area contributed by atoms with Crippen LogP contribution in [0.2, 0.25) is 0 Å². The summed E-state index contributed by atoms with van der Waals surface area (Å²) in [6.45, 7) is 2.03. The van der Waals surface area contributed by atoms with Crippen molar-refractivity contribution in [1.29, 1.82) is 0 Å². The lowest BCUT2D eigenvalue weighted by Crippen LogP contribution is -2.06. The molecule has 0 aliphatic carbocycles. The summed E-state index contributed by atoms with van der Waals surface area (Å²) in [4.78, 5) is 15.3. The topological polar surface area (TPSA) is 65.2 Å². The predicted molar refractivity (Wildman–Crippen MR) is 64.1 cm³/mol. The number of nitrogens with zero attached hydrogens (tertiary/aromatic N) is 2. The predicted octanol–water partition coefficient (Wildman–Crippen LogP) is 2.03. The van der Waals surface area contributed by atoms with Crippen molar-refractivity contribution >= 4 is 5.97 Å². The molecule has 94 valence electrons. The summed E-state index contributed by atoms with van der Waals surface area (Å²) in [6, 6.07) is 9.99. The van der Waals surface area contributed by atoms with E-state index >= 15 is 0 Å². The first kappa shape index (κ1) is 12.3. The lowest BCUT2D eigenvalue weighted by Gasteiger charge is -1.96. The highest BCUT2D eigenvalue weighted by molar-refractivity contribution is 5.84. The molecule has 0 unspecified atom stereocenters. The van der Waals surface area contributed by atoms with Crippen LogP contribution in [0.5, 0.6) is 0 Å². The van der Waals surface area contributed by atoms with E-state index in [1.54, 1.807) is 6.92 Å². The zero-order valence-corrected chi connectivity index (χ0v) is 10.1. The number of rotatable bonds is 5. The fourth-order valence-electron chi connectivity index (χ4n) is 1.53. The van der Waals surface area contributed by atoms with Gasteiger partial charge in [0.25, 0.3) is 5.82 Å². The largest absolute Gasteiger partial charge is 0.460 e. The zero-order chi connectivity index (χ0) is 12.8. The molecular weight excluding hydrogens is 232 g/mol. The van der Waals surface area contributed by atoms with Gasteiger partial charge in [-0.1, -0.05) is 30.3 Å². The second kappa shape index (κ2) is 5.95. The highest BCUT2D eigenvalue weighted by Gasteiger charge is 2.15. The number of hydrogen-bond acceptors (Lipinski definition) is 5. The molecule has 0 bridgehead atoms. The third-order valence-corrected chi connectivity index (χ3v) is 2.40. The van der Waals surface area contributed by atoms with Gasteiger partial charge in [0.2, 0.25) is 5.89 Å². The van der Waals surface area contributed by atoms with Crippen LogP contribution in [0, 0.1) is 0 Å². The molecule has 1 aromatic heterocycles. The summed E-state index contributed by atoms with van der Waals surface area (Å²) in [5.41, 5.74) is 1.19. The molecule has 0 aliphatic heterocycles. The normalized spacial score (nSPS) is 10.3. The molecular formula is C13H14N2O3. The average molecular weight is 246 g/mol. The number of aryl methyl sites for hydroxylation is 2. The lowest BCUT2D eigenvalue weighted by molar-refractivity contribution is 0.0508. The zero-order valence-electron chi connectivity index (χ0n) is 10.1. The maximum atomic E-state index is 11.3. The average Bonchev–Trinajstić information content (AvgIpc) is 2.87. The molecule has 1 aromatic carbocycles. The quantitative estimate of drug-likeness (QED) is 0.755. The van der Waals surface area contributed by atoms with Gasteiger partial charge in [-0.05, 0) is 24.1 Å². The van der Waals surface area contributed by atoms with Gasteiger partial charge in [-0.25, -0.2) is 4.79 Å². The van der Waals surface area contributed by atoms with Gasteiger partial charge in [0.1, 0.15) is 0 Å². The molecule has 5 nitrogen and oxygen atoms in total. The van der Waals surface area contributed by atoms with Gasteiger partial charge in [-0.2, -0.15) is 4.98 Å². The number of ether oxygens (including phenoxy) is 1. The van der Waals surface area contributed by atoms with E-state index in [0.717, 1.165) is 6.42 Å². The number of carbonyl (C=O) groups excluding carboxylic acids is 1. The highest BCUT2D eigenvalue weighted by atomic mass is 16.5. The van der Waals surface area contributed by atoms with E-state index in [0.29, 0.717) is 18.9 Å². The lowest BCUT2D eigenvalue weighted by atomic mass is 10.1. The SMILES string of the molecule is CCOC(=O)c1noc(CCc2ccccc2)n1. The number of hydrogen-bond donors (Lipinski definition) is 0. The third-order valence-electron chi connectivity index (χ3n) is 2.40. The van der Waals surface area contributed by atoms with E-state index in [1.807, 2.05) is 30.3 Å². The molecule has 18 heavy (non-hydrogen) atoms. The molecule has 0 amide bonds. The van der Waals surface area contributed by atoms with Crippen LogP contribution in [-0.4, -0.2) is 22.7 Å². The Balaban J connectivity index is 1.93. The van der Waals surface area contributed by atoms with Gasteiger partial charge in [-0.3, -0.25) is 0 Å². The van der Waals surface area contributed by atoms with Crippen LogP contribution in [-0.2, 0) is 17.6 Å². The molecule has 0 spiro atoms. The van der Waals surface area contributed by atoms with Crippen molar-refractivity contribution in [3.05, 3.63) is 47.6 Å². The molecule has 0 radical (unpaired) electrons. The van der Waals surface area contributed by atoms with Gasteiger partial charge in [-0.15, -0.1) is 0 Å². The Labute approximate surface area is 105 Å². The fraction of sp³-hybridized carbons (Fsp3) is 0.308. The van der Waals surface area contributed by atoms with E-state index < -0.39 is 5.97 Å². The smallest absolute Gasteiger partial charge is 0.379 e. The Morgan fingerprint density at radius 2 is 2.06 bits per heavy atom. The summed E-state index contributed by atoms with van der Waals surface area (Å²) in [7, 11) is 0. The molecule has 0 aliphatic rings. The van der Waals surface area contributed by atoms with Gasteiger partial charge in [0.15, 0.2) is 0 Å². The van der Waals surface area contributed by atoms with E-state index in [2.05, 4.69) is 10.1 Å². The Morgan fingerprint density at radius 3 is 2.78 bits per heavy atom. The summed E-state index contributed by atoms with van der Waals surface area (Å²) < 4.78 is 9.77. The van der Waals surface area contributed by atoms with Crippen molar-refractivity contribution in [2.24, 2.45) is 0 Å². The van der Waals surface area contributed by atoms with Crippen molar-refractivity contribution in [2.45, 2.75) is 19.8 Å². The first-order valence-electron chi connectivity index (χ1n) is 5.83. The van der Waals surface area contributed by atoms with Gasteiger partial charge in [0.05, 0.1) is 6.61 Å². The minimum atomic E-state index is -0.549. The minimum absolute atomic E-state index is 0.0140. The van der Waals surface area contributed by atoms with Gasteiger partial charge in [0, 0.05) is 6.42 Å². The Hall–Kier alpha value is -2.17. The standard InChI is InChI=1S/C13H14N2O3/c1-2-17-13(16)12-14-11(18-15-12)9-8-10-6-4-3-5-7-10/h3-7H,2,8-9H2,1H3. The second-order valence-corrected chi connectivity index (χ2v) is 3.72. The van der Waals surface area contributed by atoms with E-state index in [-0.39, 0.29) is 5.82 Å². The number of aromatic nitrogens is 2. The summed E-state index contributed by atoms with van der Waals surface area (Å²) in [6.07, 6.45) is 1.40. The summed E-state index contributed by atoms with van der Waals surface area (Å²) in [5, 5.41) is 3.59. The van der Waals surface area contributed by atoms with Crippen LogP contribution < -0.4 is 0 Å². The third kappa shape index (κ3) is 3.16. The minimum Gasteiger partial charge on any atom is -0.460 e. The summed E-state index contributed by atoms with van der Waals surface area (Å²) >= 11 is 0. The second-order valence-electron chi connectivity index (χ2n) is 3.72. The van der Waals surface area contributed by atoms with Crippen LogP contribution in [0.4, 0.5) is 0 Å². The van der Waals surface area contributed by atoms with Crippen LogP contribution in [0.15, 0.2) is 34.9 Å². The van der Waals surface area contributed by atoms with Crippen LogP contribution in [0.1, 0.15) is 29.0 Å². The number of benzene rings is 1. The molecule has 2 rings (SSSR count). The van der Waals surface area contributed by atoms with Crippen molar-refractivity contribution in [1.82, 2.24) is 10.1 Å². The van der Waals surface area contributed by atoms with Crippen LogP contribution in [0.25, 0.3) is 0 Å². The van der Waals surface area contributed by atoms with Crippen molar-refractivity contribution in [3.63, 3.8) is 0 Å². The first-order chi connectivity index (χ1) is 8.79. The fourth-order valence-corrected chi connectivity index (χ4v) is 1.53. The molecule has 1 heterocycles. The number of esters is 1. The van der Waals surface area contributed by atoms with Crippen molar-refractivity contribution in [2.75, 3.05) is 6.61 Å². The Bertz CT molecular complexity index is 508. The van der Waals surface area contributed by atoms with Crippen molar-refractivity contribution in [3.8, 4) is 0 Å². The Kier molecular flexibility index (Phi) is 4.06. The maximum absolute atomic E-state index is 11.3. The Morgan fingerprint density at radius 1 is 1.28 bits per heavy atom. The van der Waals surface area contributed by atoms with Crippen molar-refractivity contribution < 1.29 is 14.1 Å². The van der Waals surface area contributed by atoms with Gasteiger partial charge < -0.3 is 9.26 Å². The van der Waals surface area contributed by atoms with Crippen LogP contribution in [0.3, 0.4) is 0 Å². The van der Waals surface area contributed by atoms with E-state index in [9.17, 15) is 4.79 Å². The maximum Gasteiger partial charge on any atom is 0.379 e.